The molecule has 13 rings (SSSR count). The van der Waals surface area contributed by atoms with Crippen molar-refractivity contribution < 1.29 is 9.47 Å². The van der Waals surface area contributed by atoms with Crippen LogP contribution in [-0.2, 0) is 87.0 Å². The number of hydrogen-bond donors (Lipinski definition) is 0. The van der Waals surface area contributed by atoms with E-state index < -0.39 is 0 Å². The summed E-state index contributed by atoms with van der Waals surface area (Å²) in [5.41, 5.74) is 9.46. The topological polar surface area (TPSA) is 18.5 Å². The van der Waals surface area contributed by atoms with Gasteiger partial charge in [0.2, 0.25) is 0 Å². The van der Waals surface area contributed by atoms with E-state index in [2.05, 4.69) is 412 Å². The number of hydrogen-bond acceptors (Lipinski definition) is 5. The third-order valence-electron chi connectivity index (χ3n) is 20.7. The normalized spacial score (nSPS) is 16.3. The highest BCUT2D eigenvalue weighted by atomic mass is 32.2. The second-order valence-electron chi connectivity index (χ2n) is 37.4. The van der Waals surface area contributed by atoms with Gasteiger partial charge >= 0.3 is 0 Å². The molecule has 9 aromatic carbocycles. The van der Waals surface area contributed by atoms with Crippen molar-refractivity contribution in [1.82, 2.24) is 0 Å². The minimum Gasteiger partial charge on any atom is -0.488 e. The molecule has 111 heavy (non-hydrogen) atoms. The molecule has 0 aromatic heterocycles. The van der Waals surface area contributed by atoms with Gasteiger partial charge in [-0.25, -0.2) is 0 Å². The summed E-state index contributed by atoms with van der Waals surface area (Å²) in [7, 11) is 1.31. The van der Waals surface area contributed by atoms with E-state index in [1.807, 2.05) is 0 Å². The summed E-state index contributed by atoms with van der Waals surface area (Å²) in [5.74, 6) is 18.3. The molecule has 0 amide bonds. The Morgan fingerprint density at radius 3 is 0.739 bits per heavy atom. The lowest BCUT2D eigenvalue weighted by Gasteiger charge is -2.34. The summed E-state index contributed by atoms with van der Waals surface area (Å²) in [6, 6.07) is 84.3. The van der Waals surface area contributed by atoms with Crippen molar-refractivity contribution >= 4 is 89.8 Å². The summed E-state index contributed by atoms with van der Waals surface area (Å²) in [4.78, 5) is 12.9. The van der Waals surface area contributed by atoms with Crippen LogP contribution in [0.5, 0.6) is 11.5 Å². The molecule has 2 nitrogen and oxygen atoms in total. The summed E-state index contributed by atoms with van der Waals surface area (Å²) < 4.78 is 12.1. The Morgan fingerprint density at radius 1 is 0.270 bits per heavy atom. The van der Waals surface area contributed by atoms with Gasteiger partial charge in [0.25, 0.3) is 0 Å². The summed E-state index contributed by atoms with van der Waals surface area (Å²) in [6.07, 6.45) is 6.41. The van der Waals surface area contributed by atoms with E-state index in [1.54, 1.807) is 4.90 Å². The van der Waals surface area contributed by atoms with Crippen LogP contribution in [0.2, 0.25) is 0 Å². The highest BCUT2D eigenvalue weighted by molar-refractivity contribution is 8.06. The summed E-state index contributed by atoms with van der Waals surface area (Å²) in [6.45, 7) is 49.5. The van der Waals surface area contributed by atoms with Crippen LogP contribution in [0, 0.1) is 0 Å². The van der Waals surface area contributed by atoms with Gasteiger partial charge < -0.3 is 9.47 Å². The molecular formula is C101H137O2S8+5. The van der Waals surface area contributed by atoms with Crippen molar-refractivity contribution in [3.05, 3.63) is 258 Å². The Kier molecular flexibility index (Phi) is 32.9. The van der Waals surface area contributed by atoms with E-state index in [4.69, 9.17) is 9.47 Å². The van der Waals surface area contributed by atoms with E-state index >= 15 is 0 Å². The van der Waals surface area contributed by atoms with Crippen molar-refractivity contribution in [2.45, 2.75) is 272 Å². The van der Waals surface area contributed by atoms with Crippen LogP contribution in [0.25, 0.3) is 0 Å². The fraction of sp³-hybridized carbons (Fsp3) is 0.465. The third kappa shape index (κ3) is 28.3. The molecule has 596 valence electrons. The molecule has 1 saturated carbocycles. The van der Waals surface area contributed by atoms with E-state index in [9.17, 15) is 0 Å². The first-order valence-electron chi connectivity index (χ1n) is 40.8. The third-order valence-corrected chi connectivity index (χ3v) is 36.6. The minimum atomic E-state index is -0.120. The Bertz CT molecular complexity index is 3980. The van der Waals surface area contributed by atoms with Crippen molar-refractivity contribution in [3.63, 3.8) is 0 Å². The average Bonchev–Trinajstić information content (AvgIpc) is 0.798. The Morgan fingerprint density at radius 2 is 0.495 bits per heavy atom. The maximum Gasteiger partial charge on any atom is 0.166 e. The molecule has 3 saturated heterocycles. The number of rotatable bonds is 12. The van der Waals surface area contributed by atoms with Crippen LogP contribution in [0.4, 0.5) is 0 Å². The first-order valence-corrected chi connectivity index (χ1v) is 51.4. The Balaban J connectivity index is 0.000000163. The van der Waals surface area contributed by atoms with E-state index in [-0.39, 0.29) is 65.5 Å². The summed E-state index contributed by atoms with van der Waals surface area (Å²) in [5, 5.41) is 0. The lowest BCUT2D eigenvalue weighted by atomic mass is 9.86. The van der Waals surface area contributed by atoms with Crippen LogP contribution in [0.1, 0.15) is 218 Å². The van der Waals surface area contributed by atoms with E-state index in [1.165, 1.54) is 174 Å². The zero-order valence-corrected chi connectivity index (χ0v) is 78.5. The summed E-state index contributed by atoms with van der Waals surface area (Å²) >= 11 is 6.30. The van der Waals surface area contributed by atoms with Gasteiger partial charge in [0, 0.05) is 67.2 Å². The van der Waals surface area contributed by atoms with Crippen molar-refractivity contribution in [2.75, 3.05) is 69.0 Å². The number of ether oxygens (including phenoxy) is 2. The standard InChI is InChI=1S/C30H39S.C26H31S.C17H25OS2.C14H21OS2.C14H21S2/c1-28(2,3)22-10-16-25(17-11-22)31(26-18-12-23(13-19-26)29(4,5)6)27-20-14-24(15-21-27)30(7,8)9;1-25(2,3)20-12-16-23(17-13-20)27(22-10-8-7-9-11-22)24-18-14-21(15-19-24)26(4,5)6;1-17(9-3-2-4-10-17)18-15-5-7-16(8-6-15)20-13-11-19-12-14-20;1-14(2,3)15-12-4-6-13(7-5-12)17-10-8-16-9-11-17;1-14(2,3)12-4-6-13(7-5-12)16-10-8-15-9-11-16/h10-21H,1-9H3;7-19H,1-6H3;5-8H,2-4,9-14H2,1H3;4-7H,8-11H2,1-3H3;4-7H,8-11H2,1-3H3/q5*+1. The molecule has 0 N–H and O–H groups in total. The van der Waals surface area contributed by atoms with Gasteiger partial charge in [-0.1, -0.05) is 222 Å². The molecule has 10 heteroatoms. The average molecular weight is 1640 g/mol. The second kappa shape index (κ2) is 40.5. The molecule has 9 aromatic rings. The van der Waals surface area contributed by atoms with Crippen LogP contribution >= 0.6 is 35.3 Å². The zero-order valence-electron chi connectivity index (χ0n) is 72.0. The molecule has 3 heterocycles. The first kappa shape index (κ1) is 90.3. The molecular weight excluding hydrogens is 1500 g/mol. The largest absolute Gasteiger partial charge is 0.488 e. The maximum atomic E-state index is 6.28. The van der Waals surface area contributed by atoms with Gasteiger partial charge in [-0.05, 0) is 253 Å². The van der Waals surface area contributed by atoms with Crippen LogP contribution in [-0.4, -0.2) is 80.2 Å². The minimum absolute atomic E-state index is 0.0729. The second-order valence-corrected chi connectivity index (χ2v) is 51.9. The molecule has 0 unspecified atom stereocenters. The number of benzene rings is 9. The lowest BCUT2D eigenvalue weighted by molar-refractivity contribution is 0.0487. The Labute approximate surface area is 703 Å². The number of thioether (sulfide) groups is 3. The SMILES string of the molecule is CC(C)(C)Oc1ccc([S+]2CCSCC2)cc1.CC(C)(C)c1ccc([S+](c2ccc(C(C)(C)C)cc2)c2ccc(C(C)(C)C)cc2)cc1.CC(C)(C)c1ccc([S+](c2ccccc2)c2ccc(C(C)(C)C)cc2)cc1.CC(C)(C)c1ccc([S+]2CCSCC2)cc1.CC1(Oc2ccc([S+]3CCSCC3)cc2)CCCCC1. The molecule has 0 spiro atoms. The molecule has 1 aliphatic carbocycles. The first-order chi connectivity index (χ1) is 52.3. The van der Waals surface area contributed by atoms with Gasteiger partial charge in [0.05, 0.1) is 21.8 Å². The maximum absolute atomic E-state index is 6.28. The van der Waals surface area contributed by atoms with Gasteiger partial charge in [0.15, 0.2) is 44.1 Å². The smallest absolute Gasteiger partial charge is 0.166 e. The van der Waals surface area contributed by atoms with Gasteiger partial charge in [-0.2, -0.15) is 35.3 Å². The van der Waals surface area contributed by atoms with Gasteiger partial charge in [-0.3, -0.25) is 0 Å². The van der Waals surface area contributed by atoms with Crippen LogP contribution in [0.15, 0.2) is 269 Å². The van der Waals surface area contributed by atoms with Gasteiger partial charge in [-0.15, -0.1) is 0 Å². The quantitative estimate of drug-likeness (QED) is 0.113. The van der Waals surface area contributed by atoms with Crippen molar-refractivity contribution in [1.29, 1.82) is 0 Å². The fourth-order valence-electron chi connectivity index (χ4n) is 13.7. The molecule has 0 bridgehead atoms. The monoisotopic (exact) mass is 1640 g/mol. The molecule has 4 aliphatic rings. The zero-order chi connectivity index (χ0) is 80.4. The fourth-order valence-corrected chi connectivity index (χ4v) is 29.7. The predicted octanol–water partition coefficient (Wildman–Crippen LogP) is 27.9. The highest BCUT2D eigenvalue weighted by Crippen LogP contribution is 2.40. The highest BCUT2D eigenvalue weighted by Gasteiger charge is 2.35. The molecule has 0 atom stereocenters. The van der Waals surface area contributed by atoms with Crippen LogP contribution < -0.4 is 9.47 Å². The molecule has 3 aliphatic heterocycles. The van der Waals surface area contributed by atoms with E-state index in [0.717, 1.165) is 11.5 Å². The van der Waals surface area contributed by atoms with Crippen molar-refractivity contribution in [2.24, 2.45) is 0 Å². The van der Waals surface area contributed by atoms with E-state index in [0.29, 0.717) is 32.7 Å². The molecule has 4 fully saturated rings. The van der Waals surface area contributed by atoms with Gasteiger partial charge in [0.1, 0.15) is 57.2 Å². The lowest BCUT2D eigenvalue weighted by Crippen LogP contribution is -2.34. The van der Waals surface area contributed by atoms with Crippen molar-refractivity contribution in [3.8, 4) is 11.5 Å². The molecule has 0 radical (unpaired) electrons. The predicted molar refractivity (Wildman–Crippen MR) is 505 cm³/mol. The Hall–Kier alpha value is -4.62. The van der Waals surface area contributed by atoms with Crippen LogP contribution in [0.3, 0.4) is 0 Å².